The van der Waals surface area contributed by atoms with E-state index in [-0.39, 0.29) is 11.8 Å². The second kappa shape index (κ2) is 9.21. The number of piperazine rings is 1. The lowest BCUT2D eigenvalue weighted by molar-refractivity contribution is -0.132. The fourth-order valence-corrected chi connectivity index (χ4v) is 4.37. The molecule has 0 atom stereocenters. The molecule has 2 amide bonds. The molecule has 0 bridgehead atoms. The molecule has 2 aromatic heterocycles. The number of benzene rings is 1. The van der Waals surface area contributed by atoms with Crippen LogP contribution in [0.25, 0.3) is 10.6 Å². The lowest BCUT2D eigenvalue weighted by Crippen LogP contribution is -2.50. The van der Waals surface area contributed by atoms with Crippen molar-refractivity contribution >= 4 is 23.2 Å². The summed E-state index contributed by atoms with van der Waals surface area (Å²) in [4.78, 5) is 33.4. The van der Waals surface area contributed by atoms with Gasteiger partial charge in [0.1, 0.15) is 10.7 Å². The van der Waals surface area contributed by atoms with E-state index in [1.165, 1.54) is 16.9 Å². The minimum atomic E-state index is -0.0717. The maximum atomic E-state index is 12.8. The van der Waals surface area contributed by atoms with E-state index in [1.54, 1.807) is 21.2 Å². The average molecular weight is 424 g/mol. The summed E-state index contributed by atoms with van der Waals surface area (Å²) < 4.78 is 1.72. The molecule has 0 radical (unpaired) electrons. The zero-order valence-corrected chi connectivity index (χ0v) is 17.8. The smallest absolute Gasteiger partial charge is 0.273 e. The van der Waals surface area contributed by atoms with Crippen LogP contribution >= 0.6 is 11.3 Å². The van der Waals surface area contributed by atoms with E-state index < -0.39 is 0 Å². The van der Waals surface area contributed by atoms with E-state index in [9.17, 15) is 9.59 Å². The van der Waals surface area contributed by atoms with Crippen LogP contribution in [0.1, 0.15) is 28.9 Å². The molecule has 0 aliphatic carbocycles. The topological polar surface area (TPSA) is 71.3 Å². The lowest BCUT2D eigenvalue weighted by Gasteiger charge is -2.34. The number of aromatic nitrogens is 3. The van der Waals surface area contributed by atoms with Gasteiger partial charge in [-0.1, -0.05) is 30.3 Å². The Morgan fingerprint density at radius 2 is 1.80 bits per heavy atom. The average Bonchev–Trinajstić information content (AvgIpc) is 3.43. The number of nitrogens with zero attached hydrogens (tertiary/aromatic N) is 5. The van der Waals surface area contributed by atoms with E-state index in [4.69, 9.17) is 0 Å². The van der Waals surface area contributed by atoms with E-state index in [0.29, 0.717) is 38.3 Å². The zero-order chi connectivity index (χ0) is 20.9. The van der Waals surface area contributed by atoms with Crippen molar-refractivity contribution in [3.63, 3.8) is 0 Å². The first-order valence-corrected chi connectivity index (χ1v) is 11.0. The molecule has 0 saturated carbocycles. The van der Waals surface area contributed by atoms with Crippen LogP contribution in [0.4, 0.5) is 0 Å². The molecule has 7 nitrogen and oxygen atoms in total. The summed E-state index contributed by atoms with van der Waals surface area (Å²) in [6.07, 6.45) is 5.93. The minimum Gasteiger partial charge on any atom is -0.339 e. The molecule has 0 spiro atoms. The highest BCUT2D eigenvalue weighted by atomic mass is 32.1. The first kappa shape index (κ1) is 20.3. The largest absolute Gasteiger partial charge is 0.339 e. The summed E-state index contributed by atoms with van der Waals surface area (Å²) in [6, 6.07) is 10.2. The maximum Gasteiger partial charge on any atom is 0.273 e. The van der Waals surface area contributed by atoms with Gasteiger partial charge in [0.2, 0.25) is 5.91 Å². The molecule has 8 heteroatoms. The van der Waals surface area contributed by atoms with Crippen LogP contribution in [-0.2, 0) is 18.3 Å². The normalized spacial score (nSPS) is 14.2. The van der Waals surface area contributed by atoms with Gasteiger partial charge < -0.3 is 9.80 Å². The molecular weight excluding hydrogens is 398 g/mol. The van der Waals surface area contributed by atoms with E-state index >= 15 is 0 Å². The summed E-state index contributed by atoms with van der Waals surface area (Å²) in [7, 11) is 1.85. The van der Waals surface area contributed by atoms with Gasteiger partial charge in [0, 0.05) is 56.8 Å². The van der Waals surface area contributed by atoms with Gasteiger partial charge in [-0.3, -0.25) is 14.3 Å². The molecule has 0 N–H and O–H groups in total. The van der Waals surface area contributed by atoms with Crippen molar-refractivity contribution < 1.29 is 9.59 Å². The first-order valence-electron chi connectivity index (χ1n) is 10.2. The van der Waals surface area contributed by atoms with Crippen molar-refractivity contribution in [1.29, 1.82) is 0 Å². The number of carbonyl (C=O) groups excluding carboxylic acids is 2. The molecule has 0 unspecified atom stereocenters. The van der Waals surface area contributed by atoms with Crippen molar-refractivity contribution in [2.24, 2.45) is 7.05 Å². The summed E-state index contributed by atoms with van der Waals surface area (Å²) in [5.74, 6) is 0.100. The zero-order valence-electron chi connectivity index (χ0n) is 17.0. The second-order valence-corrected chi connectivity index (χ2v) is 8.31. The summed E-state index contributed by atoms with van der Waals surface area (Å²) in [6.45, 7) is 2.25. The quantitative estimate of drug-likeness (QED) is 0.611. The monoisotopic (exact) mass is 423 g/mol. The summed E-state index contributed by atoms with van der Waals surface area (Å²) in [5, 5.41) is 6.74. The van der Waals surface area contributed by atoms with Crippen molar-refractivity contribution in [2.75, 3.05) is 26.2 Å². The van der Waals surface area contributed by atoms with E-state index in [0.717, 1.165) is 23.4 Å². The van der Waals surface area contributed by atoms with Crippen molar-refractivity contribution in [3.8, 4) is 10.6 Å². The fourth-order valence-electron chi connectivity index (χ4n) is 3.60. The van der Waals surface area contributed by atoms with Gasteiger partial charge in [-0.05, 0) is 18.4 Å². The molecule has 1 fully saturated rings. The lowest BCUT2D eigenvalue weighted by atomic mass is 10.1. The summed E-state index contributed by atoms with van der Waals surface area (Å²) in [5.41, 5.74) is 2.63. The molecule has 156 valence electrons. The summed E-state index contributed by atoms with van der Waals surface area (Å²) >= 11 is 1.44. The van der Waals surface area contributed by atoms with Crippen molar-refractivity contribution in [2.45, 2.75) is 19.3 Å². The first-order chi connectivity index (χ1) is 14.6. The van der Waals surface area contributed by atoms with Gasteiger partial charge >= 0.3 is 0 Å². The van der Waals surface area contributed by atoms with E-state index in [1.807, 2.05) is 36.3 Å². The number of hydrogen-bond donors (Lipinski definition) is 0. The Morgan fingerprint density at radius 1 is 1.07 bits per heavy atom. The van der Waals surface area contributed by atoms with Gasteiger partial charge in [0.15, 0.2) is 0 Å². The van der Waals surface area contributed by atoms with Crippen LogP contribution < -0.4 is 0 Å². The van der Waals surface area contributed by atoms with Crippen LogP contribution in [0.15, 0.2) is 48.1 Å². The maximum absolute atomic E-state index is 12.8. The third kappa shape index (κ3) is 4.76. The Labute approximate surface area is 179 Å². The third-order valence-electron chi connectivity index (χ3n) is 5.29. The van der Waals surface area contributed by atoms with Crippen LogP contribution in [0.3, 0.4) is 0 Å². The Balaban J connectivity index is 1.25. The van der Waals surface area contributed by atoms with Gasteiger partial charge in [0.25, 0.3) is 5.91 Å². The number of aryl methyl sites for hydroxylation is 2. The van der Waals surface area contributed by atoms with Crippen LogP contribution in [0, 0.1) is 0 Å². The van der Waals surface area contributed by atoms with Gasteiger partial charge in [0.05, 0.1) is 6.20 Å². The minimum absolute atomic E-state index is 0.0717. The standard InChI is InChI=1S/C22H25N5O2S/c1-25-15-18(14-23-25)21-24-19(16-30-21)22(29)27-12-10-26(11-13-27)20(28)9-5-8-17-6-3-2-4-7-17/h2-4,6-7,14-16H,5,8-13H2,1H3. The molecular formula is C22H25N5O2S. The van der Waals surface area contributed by atoms with Gasteiger partial charge in [-0.15, -0.1) is 11.3 Å². The van der Waals surface area contributed by atoms with Crippen LogP contribution in [0.5, 0.6) is 0 Å². The predicted molar refractivity (Wildman–Crippen MR) is 116 cm³/mol. The SMILES string of the molecule is Cn1cc(-c2nc(C(=O)N3CCN(C(=O)CCCc4ccccc4)CC3)cs2)cn1. The molecule has 3 aromatic rings. The van der Waals surface area contributed by atoms with Crippen LogP contribution in [0.2, 0.25) is 0 Å². The predicted octanol–water partition coefficient (Wildman–Crippen LogP) is 2.85. The molecule has 1 aliphatic rings. The highest BCUT2D eigenvalue weighted by molar-refractivity contribution is 7.13. The highest BCUT2D eigenvalue weighted by Crippen LogP contribution is 2.24. The molecule has 4 rings (SSSR count). The number of rotatable bonds is 6. The Kier molecular flexibility index (Phi) is 6.23. The Bertz CT molecular complexity index is 1010. The number of amides is 2. The second-order valence-electron chi connectivity index (χ2n) is 7.45. The number of hydrogen-bond acceptors (Lipinski definition) is 5. The van der Waals surface area contributed by atoms with Gasteiger partial charge in [-0.2, -0.15) is 5.10 Å². The molecule has 30 heavy (non-hydrogen) atoms. The molecule has 1 aromatic carbocycles. The fraction of sp³-hybridized carbons (Fsp3) is 0.364. The third-order valence-corrected chi connectivity index (χ3v) is 6.18. The molecule has 3 heterocycles. The Morgan fingerprint density at radius 3 is 2.50 bits per heavy atom. The number of thiazole rings is 1. The Hall–Kier alpha value is -3.00. The van der Waals surface area contributed by atoms with Crippen molar-refractivity contribution in [1.82, 2.24) is 24.6 Å². The van der Waals surface area contributed by atoms with Gasteiger partial charge in [-0.25, -0.2) is 4.98 Å². The molecule has 1 saturated heterocycles. The van der Waals surface area contributed by atoms with E-state index in [2.05, 4.69) is 22.2 Å². The van der Waals surface area contributed by atoms with Crippen molar-refractivity contribution in [3.05, 3.63) is 59.4 Å². The van der Waals surface area contributed by atoms with Crippen LogP contribution in [-0.4, -0.2) is 62.6 Å². The highest BCUT2D eigenvalue weighted by Gasteiger charge is 2.26. The molecule has 1 aliphatic heterocycles. The number of carbonyl (C=O) groups is 2.